The molecule has 0 saturated carbocycles. The zero-order valence-corrected chi connectivity index (χ0v) is 17.2. The van der Waals surface area contributed by atoms with Crippen LogP contribution in [0.1, 0.15) is 23.2 Å². The molecule has 5 nitrogen and oxygen atoms in total. The highest BCUT2D eigenvalue weighted by Crippen LogP contribution is 2.28. The molecule has 154 valence electrons. The zero-order chi connectivity index (χ0) is 20.9. The summed E-state index contributed by atoms with van der Waals surface area (Å²) in [5, 5.41) is 2.15. The third kappa shape index (κ3) is 4.30. The Balaban J connectivity index is 1.31. The predicted molar refractivity (Wildman–Crippen MR) is 119 cm³/mol. The molecule has 0 N–H and O–H groups in total. The molecule has 5 heteroatoms. The number of rotatable bonds is 6. The molecule has 3 aromatic rings. The molecule has 0 spiro atoms. The van der Waals surface area contributed by atoms with Crippen molar-refractivity contribution in [2.24, 2.45) is 0 Å². The van der Waals surface area contributed by atoms with Gasteiger partial charge in [0.2, 0.25) is 5.91 Å². The largest absolute Gasteiger partial charge is 0.495 e. The molecular weight excluding hydrogens is 376 g/mol. The number of piperazine rings is 1. The summed E-state index contributed by atoms with van der Waals surface area (Å²) in [6.45, 7) is 2.82. The lowest BCUT2D eigenvalue weighted by molar-refractivity contribution is -0.131. The second-order valence-electron chi connectivity index (χ2n) is 7.52. The Morgan fingerprint density at radius 2 is 1.53 bits per heavy atom. The molecule has 0 radical (unpaired) electrons. The highest BCUT2D eigenvalue weighted by atomic mass is 16.5. The van der Waals surface area contributed by atoms with E-state index in [2.05, 4.69) is 4.90 Å². The fourth-order valence-corrected chi connectivity index (χ4v) is 3.97. The highest BCUT2D eigenvalue weighted by molar-refractivity contribution is 6.01. The van der Waals surface area contributed by atoms with Crippen molar-refractivity contribution in [3.8, 4) is 5.75 Å². The molecule has 1 aliphatic heterocycles. The maximum atomic E-state index is 12.6. The number of para-hydroxylation sites is 2. The van der Waals surface area contributed by atoms with Crippen molar-refractivity contribution in [1.82, 2.24) is 4.90 Å². The SMILES string of the molecule is COc1ccccc1N1CCN(C(=O)CCC(=O)c2ccc3ccccc3c2)CC1. The second-order valence-corrected chi connectivity index (χ2v) is 7.52. The molecule has 1 fully saturated rings. The van der Waals surface area contributed by atoms with Crippen molar-refractivity contribution >= 4 is 28.2 Å². The average molecular weight is 402 g/mol. The van der Waals surface area contributed by atoms with E-state index in [1.807, 2.05) is 71.6 Å². The number of amides is 1. The first-order valence-corrected chi connectivity index (χ1v) is 10.3. The molecule has 30 heavy (non-hydrogen) atoms. The summed E-state index contributed by atoms with van der Waals surface area (Å²) in [5.74, 6) is 0.906. The molecule has 1 aliphatic rings. The van der Waals surface area contributed by atoms with Crippen molar-refractivity contribution in [3.05, 3.63) is 72.3 Å². The Morgan fingerprint density at radius 3 is 2.30 bits per heavy atom. The van der Waals surface area contributed by atoms with E-state index >= 15 is 0 Å². The minimum absolute atomic E-state index is 0.0155. The molecule has 0 aromatic heterocycles. The lowest BCUT2D eigenvalue weighted by atomic mass is 10.0. The van der Waals surface area contributed by atoms with Gasteiger partial charge in [0.15, 0.2) is 5.78 Å². The summed E-state index contributed by atoms with van der Waals surface area (Å²) in [4.78, 5) is 29.3. The van der Waals surface area contributed by atoms with Crippen LogP contribution >= 0.6 is 0 Å². The van der Waals surface area contributed by atoms with E-state index in [9.17, 15) is 9.59 Å². The summed E-state index contributed by atoms with van der Waals surface area (Å²) in [6.07, 6.45) is 0.490. The van der Waals surface area contributed by atoms with E-state index in [4.69, 9.17) is 4.74 Å². The second kappa shape index (κ2) is 8.99. The Kier molecular flexibility index (Phi) is 5.98. The van der Waals surface area contributed by atoms with Crippen LogP contribution in [-0.2, 0) is 4.79 Å². The molecule has 0 aliphatic carbocycles. The van der Waals surface area contributed by atoms with Crippen molar-refractivity contribution in [2.45, 2.75) is 12.8 Å². The maximum absolute atomic E-state index is 12.6. The Morgan fingerprint density at radius 1 is 0.833 bits per heavy atom. The third-order valence-electron chi connectivity index (χ3n) is 5.70. The number of carbonyl (C=O) groups is 2. The van der Waals surface area contributed by atoms with Gasteiger partial charge in [-0.25, -0.2) is 0 Å². The van der Waals surface area contributed by atoms with E-state index in [-0.39, 0.29) is 24.5 Å². The number of Topliss-reactive ketones (excluding diaryl/α,β-unsaturated/α-hetero) is 1. The van der Waals surface area contributed by atoms with Crippen LogP contribution in [-0.4, -0.2) is 49.9 Å². The van der Waals surface area contributed by atoms with Crippen LogP contribution in [0, 0.1) is 0 Å². The van der Waals surface area contributed by atoms with Crippen molar-refractivity contribution in [3.63, 3.8) is 0 Å². The maximum Gasteiger partial charge on any atom is 0.223 e. The number of ether oxygens (including phenoxy) is 1. The van der Waals surface area contributed by atoms with Gasteiger partial charge in [-0.1, -0.05) is 48.5 Å². The highest BCUT2D eigenvalue weighted by Gasteiger charge is 2.23. The van der Waals surface area contributed by atoms with Gasteiger partial charge >= 0.3 is 0 Å². The van der Waals surface area contributed by atoms with E-state index in [0.29, 0.717) is 18.7 Å². The van der Waals surface area contributed by atoms with Gasteiger partial charge in [-0.2, -0.15) is 0 Å². The summed E-state index contributed by atoms with van der Waals surface area (Å²) in [6, 6.07) is 21.6. The molecule has 0 atom stereocenters. The minimum Gasteiger partial charge on any atom is -0.495 e. The van der Waals surface area contributed by atoms with Gasteiger partial charge < -0.3 is 14.5 Å². The monoisotopic (exact) mass is 402 g/mol. The van der Waals surface area contributed by atoms with Crippen molar-refractivity contribution in [2.75, 3.05) is 38.2 Å². The summed E-state index contributed by atoms with van der Waals surface area (Å²) >= 11 is 0. The number of methoxy groups -OCH3 is 1. The Labute approximate surface area is 176 Å². The van der Waals surface area contributed by atoms with Crippen LogP contribution < -0.4 is 9.64 Å². The minimum atomic E-state index is 0.0155. The van der Waals surface area contributed by atoms with Crippen LogP contribution in [0.15, 0.2) is 66.7 Å². The summed E-state index contributed by atoms with van der Waals surface area (Å²) in [7, 11) is 1.67. The molecule has 1 saturated heterocycles. The number of carbonyl (C=O) groups excluding carboxylic acids is 2. The van der Waals surface area contributed by atoms with Crippen molar-refractivity contribution in [1.29, 1.82) is 0 Å². The van der Waals surface area contributed by atoms with Crippen LogP contribution in [0.25, 0.3) is 10.8 Å². The van der Waals surface area contributed by atoms with E-state index in [1.54, 1.807) is 7.11 Å². The van der Waals surface area contributed by atoms with Crippen LogP contribution in [0.5, 0.6) is 5.75 Å². The topological polar surface area (TPSA) is 49.9 Å². The predicted octanol–water partition coefficient (Wildman–Crippen LogP) is 4.16. The van der Waals surface area contributed by atoms with E-state index in [0.717, 1.165) is 35.3 Å². The fraction of sp³-hybridized carbons (Fsp3) is 0.280. The number of hydrogen-bond acceptors (Lipinski definition) is 4. The Hall–Kier alpha value is -3.34. The van der Waals surface area contributed by atoms with Crippen LogP contribution in [0.4, 0.5) is 5.69 Å². The van der Waals surface area contributed by atoms with Crippen molar-refractivity contribution < 1.29 is 14.3 Å². The summed E-state index contributed by atoms with van der Waals surface area (Å²) in [5.41, 5.74) is 1.72. The fourth-order valence-electron chi connectivity index (χ4n) is 3.97. The number of ketones is 1. The average Bonchev–Trinajstić information content (AvgIpc) is 2.82. The van der Waals surface area contributed by atoms with Gasteiger partial charge in [-0.15, -0.1) is 0 Å². The normalized spacial score (nSPS) is 14.0. The molecule has 0 bridgehead atoms. The van der Waals surface area contributed by atoms with Gasteiger partial charge in [0.25, 0.3) is 0 Å². The first-order valence-electron chi connectivity index (χ1n) is 10.3. The first kappa shape index (κ1) is 20.0. The number of hydrogen-bond donors (Lipinski definition) is 0. The number of fused-ring (bicyclic) bond motifs is 1. The molecule has 4 rings (SSSR count). The molecule has 1 heterocycles. The quantitative estimate of drug-likeness (QED) is 0.581. The summed E-state index contributed by atoms with van der Waals surface area (Å²) < 4.78 is 5.45. The van der Waals surface area contributed by atoms with Gasteiger partial charge in [0.1, 0.15) is 5.75 Å². The zero-order valence-electron chi connectivity index (χ0n) is 17.2. The van der Waals surface area contributed by atoms with E-state index in [1.165, 1.54) is 0 Å². The lowest BCUT2D eigenvalue weighted by Crippen LogP contribution is -2.48. The van der Waals surface area contributed by atoms with Gasteiger partial charge in [0.05, 0.1) is 12.8 Å². The lowest BCUT2D eigenvalue weighted by Gasteiger charge is -2.36. The van der Waals surface area contributed by atoms with Gasteiger partial charge in [0, 0.05) is 44.6 Å². The standard InChI is InChI=1S/C25H26N2O3/c1-30-24-9-5-4-8-22(24)26-14-16-27(17-15-26)25(29)13-12-23(28)21-11-10-19-6-2-3-7-20(19)18-21/h2-11,18H,12-17H2,1H3. The van der Waals surface area contributed by atoms with Gasteiger partial charge in [-0.3, -0.25) is 9.59 Å². The number of anilines is 1. The molecule has 3 aromatic carbocycles. The smallest absolute Gasteiger partial charge is 0.223 e. The molecular formula is C25H26N2O3. The Bertz CT molecular complexity index is 1050. The van der Waals surface area contributed by atoms with Crippen LogP contribution in [0.3, 0.4) is 0 Å². The third-order valence-corrected chi connectivity index (χ3v) is 5.70. The number of benzene rings is 3. The first-order chi connectivity index (χ1) is 14.7. The van der Waals surface area contributed by atoms with Crippen LogP contribution in [0.2, 0.25) is 0 Å². The molecule has 1 amide bonds. The van der Waals surface area contributed by atoms with Gasteiger partial charge in [-0.05, 0) is 29.0 Å². The molecule has 0 unspecified atom stereocenters. The number of nitrogens with zero attached hydrogens (tertiary/aromatic N) is 2. The van der Waals surface area contributed by atoms with E-state index < -0.39 is 0 Å².